The van der Waals surface area contributed by atoms with E-state index in [0.717, 1.165) is 11.1 Å². The molecule has 0 saturated carbocycles. The van der Waals surface area contributed by atoms with Gasteiger partial charge in [-0.25, -0.2) is 0 Å². The fraction of sp³-hybridized carbons (Fsp3) is 0.333. The molecule has 1 atom stereocenters. The number of nitrogens with two attached hydrogens (primary N) is 1. The maximum absolute atomic E-state index is 11.9. The third-order valence-corrected chi connectivity index (χ3v) is 3.14. The van der Waals surface area contributed by atoms with Crippen molar-refractivity contribution in [1.82, 2.24) is 4.90 Å². The van der Waals surface area contributed by atoms with Gasteiger partial charge in [-0.05, 0) is 11.6 Å². The fourth-order valence-electron chi connectivity index (χ4n) is 2.11. The zero-order valence-electron chi connectivity index (χ0n) is 10.8. The molecule has 2 amide bonds. The summed E-state index contributed by atoms with van der Waals surface area (Å²) in [6, 6.07) is 7.49. The molecule has 2 rings (SSSR count). The van der Waals surface area contributed by atoms with Gasteiger partial charge in [-0.1, -0.05) is 37.0 Å². The van der Waals surface area contributed by atoms with E-state index in [0.29, 0.717) is 6.42 Å². The summed E-state index contributed by atoms with van der Waals surface area (Å²) in [6.07, 6.45) is 0.301. The fourth-order valence-corrected chi connectivity index (χ4v) is 2.11. The van der Waals surface area contributed by atoms with Gasteiger partial charge in [0.05, 0.1) is 13.1 Å². The van der Waals surface area contributed by atoms with Crippen molar-refractivity contribution in [1.29, 1.82) is 0 Å². The molecule has 0 bridgehead atoms. The molecule has 0 aliphatic carbocycles. The van der Waals surface area contributed by atoms with Crippen LogP contribution < -0.4 is 5.73 Å². The second-order valence-electron chi connectivity index (χ2n) is 4.59. The van der Waals surface area contributed by atoms with Crippen LogP contribution >= 0.6 is 0 Å². The largest absolute Gasteiger partial charge is 0.320 e. The van der Waals surface area contributed by atoms with Crippen molar-refractivity contribution >= 4 is 11.8 Å². The molecule has 0 aromatic heterocycles. The van der Waals surface area contributed by atoms with Gasteiger partial charge in [0, 0.05) is 17.9 Å². The van der Waals surface area contributed by atoms with Gasteiger partial charge in [-0.3, -0.25) is 14.5 Å². The van der Waals surface area contributed by atoms with Crippen molar-refractivity contribution < 1.29 is 9.59 Å². The van der Waals surface area contributed by atoms with E-state index in [-0.39, 0.29) is 30.8 Å². The second kappa shape index (κ2) is 5.68. The lowest BCUT2D eigenvalue weighted by molar-refractivity contribution is -0.139. The monoisotopic (exact) mass is 256 g/mol. The van der Waals surface area contributed by atoms with Crippen LogP contribution in [0, 0.1) is 17.8 Å². The van der Waals surface area contributed by atoms with Gasteiger partial charge >= 0.3 is 0 Å². The molecule has 0 radical (unpaired) electrons. The smallest absolute Gasteiger partial charge is 0.232 e. The van der Waals surface area contributed by atoms with Crippen molar-refractivity contribution in [2.45, 2.75) is 19.9 Å². The van der Waals surface area contributed by atoms with E-state index < -0.39 is 0 Å². The Hall–Kier alpha value is -2.12. The lowest BCUT2D eigenvalue weighted by atomic mass is 10.1. The first kappa shape index (κ1) is 13.3. The van der Waals surface area contributed by atoms with Gasteiger partial charge in [0.1, 0.15) is 0 Å². The maximum atomic E-state index is 11.9. The van der Waals surface area contributed by atoms with Crippen LogP contribution in [-0.4, -0.2) is 23.3 Å². The van der Waals surface area contributed by atoms with Crippen molar-refractivity contribution in [3.8, 4) is 11.8 Å². The van der Waals surface area contributed by atoms with Gasteiger partial charge in [0.2, 0.25) is 11.8 Å². The van der Waals surface area contributed by atoms with Crippen LogP contribution in [0.15, 0.2) is 24.3 Å². The van der Waals surface area contributed by atoms with Crippen LogP contribution in [0.25, 0.3) is 0 Å². The van der Waals surface area contributed by atoms with E-state index in [9.17, 15) is 9.59 Å². The Labute approximate surface area is 112 Å². The molecule has 1 aromatic carbocycles. The molecule has 1 heterocycles. The van der Waals surface area contributed by atoms with Gasteiger partial charge in [-0.2, -0.15) is 0 Å². The number of rotatable bonds is 2. The van der Waals surface area contributed by atoms with Gasteiger partial charge in [0.15, 0.2) is 0 Å². The number of carbonyl (C=O) groups is 2. The number of benzene rings is 1. The lowest BCUT2D eigenvalue weighted by Crippen LogP contribution is -2.30. The zero-order chi connectivity index (χ0) is 13.8. The predicted octanol–water partition coefficient (Wildman–Crippen LogP) is 0.892. The van der Waals surface area contributed by atoms with Gasteiger partial charge in [0.25, 0.3) is 0 Å². The number of hydrogen-bond donors (Lipinski definition) is 1. The first-order valence-corrected chi connectivity index (χ1v) is 6.24. The van der Waals surface area contributed by atoms with Crippen LogP contribution in [0.4, 0.5) is 0 Å². The highest BCUT2D eigenvalue weighted by Crippen LogP contribution is 2.22. The number of nitrogens with zero attached hydrogens (tertiary/aromatic N) is 1. The molecular weight excluding hydrogens is 240 g/mol. The van der Waals surface area contributed by atoms with E-state index in [1.165, 1.54) is 4.90 Å². The summed E-state index contributed by atoms with van der Waals surface area (Å²) in [5, 5.41) is 0. The quantitative estimate of drug-likeness (QED) is 0.631. The molecule has 1 saturated heterocycles. The first-order valence-electron chi connectivity index (χ1n) is 6.24. The molecule has 19 heavy (non-hydrogen) atoms. The summed E-state index contributed by atoms with van der Waals surface area (Å²) in [5.74, 6) is 5.32. The van der Waals surface area contributed by atoms with E-state index in [2.05, 4.69) is 11.8 Å². The summed E-state index contributed by atoms with van der Waals surface area (Å²) in [6.45, 7) is 2.35. The highest BCUT2D eigenvalue weighted by Gasteiger charge is 2.35. The van der Waals surface area contributed by atoms with Crippen LogP contribution in [0.2, 0.25) is 0 Å². The molecule has 4 nitrogen and oxygen atoms in total. The SMILES string of the molecule is CC1CC(=O)N(Cc2ccccc2C#CCN)C1=O. The van der Waals surface area contributed by atoms with Gasteiger partial charge < -0.3 is 5.73 Å². The van der Waals surface area contributed by atoms with Crippen molar-refractivity contribution in [2.75, 3.05) is 6.54 Å². The minimum atomic E-state index is -0.213. The highest BCUT2D eigenvalue weighted by atomic mass is 16.2. The van der Waals surface area contributed by atoms with Gasteiger partial charge in [-0.15, -0.1) is 0 Å². The number of amides is 2. The van der Waals surface area contributed by atoms with Crippen molar-refractivity contribution in [3.63, 3.8) is 0 Å². The Bertz CT molecular complexity index is 569. The van der Waals surface area contributed by atoms with Crippen molar-refractivity contribution in [3.05, 3.63) is 35.4 Å². The first-order chi connectivity index (χ1) is 9.13. The van der Waals surface area contributed by atoms with E-state index in [1.807, 2.05) is 24.3 Å². The Kier molecular flexibility index (Phi) is 3.98. The Morgan fingerprint density at radius 3 is 2.74 bits per heavy atom. The van der Waals surface area contributed by atoms with E-state index in [1.54, 1.807) is 6.92 Å². The summed E-state index contributed by atoms with van der Waals surface area (Å²) in [7, 11) is 0. The zero-order valence-corrected chi connectivity index (χ0v) is 10.8. The molecule has 0 spiro atoms. The molecule has 1 aliphatic rings. The lowest BCUT2D eigenvalue weighted by Gasteiger charge is -2.15. The molecule has 1 aromatic rings. The van der Waals surface area contributed by atoms with Crippen LogP contribution in [-0.2, 0) is 16.1 Å². The molecule has 2 N–H and O–H groups in total. The normalized spacial score (nSPS) is 18.4. The highest BCUT2D eigenvalue weighted by molar-refractivity contribution is 6.03. The number of hydrogen-bond acceptors (Lipinski definition) is 3. The second-order valence-corrected chi connectivity index (χ2v) is 4.59. The molecule has 1 aliphatic heterocycles. The Balaban J connectivity index is 2.24. The third-order valence-electron chi connectivity index (χ3n) is 3.14. The predicted molar refractivity (Wildman–Crippen MR) is 71.7 cm³/mol. The van der Waals surface area contributed by atoms with E-state index in [4.69, 9.17) is 5.73 Å². The molecular formula is C15H16N2O2. The minimum absolute atomic E-state index is 0.105. The third kappa shape index (κ3) is 2.83. The molecule has 4 heteroatoms. The average Bonchev–Trinajstić information content (AvgIpc) is 2.64. The standard InChI is InChI=1S/C15H16N2O2/c1-11-9-14(18)17(15(11)19)10-13-6-3-2-5-12(13)7-4-8-16/h2-3,5-6,11H,8-10,16H2,1H3. The Morgan fingerprint density at radius 1 is 1.37 bits per heavy atom. The Morgan fingerprint density at radius 2 is 2.11 bits per heavy atom. The van der Waals surface area contributed by atoms with Crippen LogP contribution in [0.3, 0.4) is 0 Å². The van der Waals surface area contributed by atoms with Crippen molar-refractivity contribution in [2.24, 2.45) is 11.7 Å². The topological polar surface area (TPSA) is 63.4 Å². The number of likely N-dealkylation sites (tertiary alicyclic amines) is 1. The number of carbonyl (C=O) groups excluding carboxylic acids is 2. The van der Waals surface area contributed by atoms with E-state index >= 15 is 0 Å². The molecule has 98 valence electrons. The summed E-state index contributed by atoms with van der Waals surface area (Å²) >= 11 is 0. The summed E-state index contributed by atoms with van der Waals surface area (Å²) in [5.41, 5.74) is 7.05. The average molecular weight is 256 g/mol. The number of imide groups is 1. The maximum Gasteiger partial charge on any atom is 0.232 e. The van der Waals surface area contributed by atoms with Crippen LogP contribution in [0.1, 0.15) is 24.5 Å². The molecule has 1 unspecified atom stereocenters. The molecule has 1 fully saturated rings. The summed E-state index contributed by atoms with van der Waals surface area (Å²) < 4.78 is 0. The minimum Gasteiger partial charge on any atom is -0.320 e. The summed E-state index contributed by atoms with van der Waals surface area (Å²) in [4.78, 5) is 25.0. The van der Waals surface area contributed by atoms with Crippen LogP contribution in [0.5, 0.6) is 0 Å².